The van der Waals surface area contributed by atoms with E-state index in [-0.39, 0.29) is 82.2 Å². The van der Waals surface area contributed by atoms with Gasteiger partial charge in [0.1, 0.15) is 35.4 Å². The number of aryl methyl sites for hydroxylation is 2. The lowest BCUT2D eigenvalue weighted by Crippen LogP contribution is -2.58. The summed E-state index contributed by atoms with van der Waals surface area (Å²) in [6, 6.07) is 12.2. The standard InChI is InChI=1S/C33H48N4O7S.C27H38N4O5S/c1-21-28(45-20-35-21)23-12-10-22(11-13-23)18-34-30(41)25-17-24(38)19-37(25)31(42)29(32(2,3)4)36-26(39)14-16-43-15-8-9-27(40)44-33(5,6)7;1-16-21(37-15-29-16)18-10-8-17(9-11-18)13-28-23(33)20-12-19(32)14-31(20)24(34)22(26(2,3)4)30-25(35)36-27(5,6)7/h10-13,20,24-25,29,38H,8-9,14-19H2,1-7H3,(H,34,41)(H,36,39);8-11,15,19-20,22,32H,12-14H2,1-7H3,(H,28,33)(H,30,35). The van der Waals surface area contributed by atoms with E-state index in [1.807, 2.05) is 136 Å². The third-order valence-electron chi connectivity index (χ3n) is 13.3. The topological polar surface area (TPSA) is 268 Å². The molecule has 2 fully saturated rings. The number of esters is 1. The number of nitrogens with zero attached hydrogens (tertiary/aromatic N) is 4. The summed E-state index contributed by atoms with van der Waals surface area (Å²) in [6.45, 7) is 26.6. The molecule has 0 bridgehead atoms. The van der Waals surface area contributed by atoms with E-state index in [4.69, 9.17) is 14.2 Å². The van der Waals surface area contributed by atoms with Gasteiger partial charge in [-0.3, -0.25) is 28.8 Å². The van der Waals surface area contributed by atoms with Crippen molar-refractivity contribution in [2.45, 2.75) is 190 Å². The van der Waals surface area contributed by atoms with Crippen LogP contribution < -0.4 is 21.3 Å². The van der Waals surface area contributed by atoms with Gasteiger partial charge < -0.3 is 55.5 Å². The summed E-state index contributed by atoms with van der Waals surface area (Å²) in [7, 11) is 0. The maximum Gasteiger partial charge on any atom is 0.408 e. The number of thiazole rings is 2. The second-order valence-electron chi connectivity index (χ2n) is 25.0. The minimum atomic E-state index is -0.939. The lowest BCUT2D eigenvalue weighted by molar-refractivity contribution is -0.155. The summed E-state index contributed by atoms with van der Waals surface area (Å²) in [5.74, 6) is -2.23. The van der Waals surface area contributed by atoms with E-state index in [2.05, 4.69) is 31.2 Å². The van der Waals surface area contributed by atoms with Gasteiger partial charge in [0, 0.05) is 58.5 Å². The number of carbonyl (C=O) groups excluding carboxylic acids is 7. The number of hydrogen-bond acceptors (Lipinski definition) is 16. The highest BCUT2D eigenvalue weighted by Crippen LogP contribution is 2.31. The van der Waals surface area contributed by atoms with Crippen LogP contribution in [-0.2, 0) is 56.1 Å². The third-order valence-corrected chi connectivity index (χ3v) is 15.3. The molecule has 2 aliphatic rings. The van der Waals surface area contributed by atoms with Gasteiger partial charge in [0.05, 0.1) is 51.0 Å². The Morgan fingerprint density at radius 2 is 1.01 bits per heavy atom. The molecule has 4 heterocycles. The number of aliphatic hydroxyl groups excluding tert-OH is 2. The molecule has 82 heavy (non-hydrogen) atoms. The number of likely N-dealkylation sites (tertiary alicyclic amines) is 2. The number of β-amino-alcohol motifs (C(OH)–C–C–N with tert-alkyl or cyclic N) is 2. The minimum absolute atomic E-state index is 0.00300. The van der Waals surface area contributed by atoms with Crippen molar-refractivity contribution < 1.29 is 58.0 Å². The molecule has 6 amide bonds. The molecule has 0 radical (unpaired) electrons. The number of aliphatic hydroxyl groups is 2. The number of amides is 6. The van der Waals surface area contributed by atoms with Crippen LogP contribution in [0, 0.1) is 24.7 Å². The van der Waals surface area contributed by atoms with E-state index in [0.717, 1.165) is 43.4 Å². The molecule has 4 aromatic rings. The average molecular weight is 1180 g/mol. The van der Waals surface area contributed by atoms with Crippen molar-refractivity contribution in [2.75, 3.05) is 26.3 Å². The highest BCUT2D eigenvalue weighted by Gasteiger charge is 2.46. The highest BCUT2D eigenvalue weighted by atomic mass is 32.1. The zero-order valence-corrected chi connectivity index (χ0v) is 51.7. The van der Waals surface area contributed by atoms with E-state index in [0.29, 0.717) is 13.0 Å². The van der Waals surface area contributed by atoms with Gasteiger partial charge in [0.2, 0.25) is 29.5 Å². The Labute approximate surface area is 490 Å². The largest absolute Gasteiger partial charge is 0.460 e. The molecule has 6 N–H and O–H groups in total. The number of aromatic nitrogens is 2. The average Bonchev–Trinajstić information content (AvgIpc) is 4.38. The summed E-state index contributed by atoms with van der Waals surface area (Å²) >= 11 is 3.15. The molecule has 0 saturated carbocycles. The molecule has 6 unspecified atom stereocenters. The van der Waals surface area contributed by atoms with Crippen LogP contribution >= 0.6 is 22.7 Å². The van der Waals surface area contributed by atoms with Gasteiger partial charge >= 0.3 is 12.1 Å². The Kier molecular flexibility index (Phi) is 23.3. The molecular weight excluding hydrogens is 1090 g/mol. The third kappa shape index (κ3) is 20.2. The fourth-order valence-corrected chi connectivity index (χ4v) is 10.8. The van der Waals surface area contributed by atoms with Crippen LogP contribution in [0.25, 0.3) is 20.9 Å². The second-order valence-corrected chi connectivity index (χ2v) is 26.7. The predicted octanol–water partition coefficient (Wildman–Crippen LogP) is 7.39. The van der Waals surface area contributed by atoms with E-state index in [1.165, 1.54) is 9.80 Å². The molecule has 0 spiro atoms. The van der Waals surface area contributed by atoms with Crippen molar-refractivity contribution in [2.24, 2.45) is 10.8 Å². The summed E-state index contributed by atoms with van der Waals surface area (Å²) in [5, 5.41) is 32.1. The summed E-state index contributed by atoms with van der Waals surface area (Å²) in [6.07, 6.45) is -1.43. The predicted molar refractivity (Wildman–Crippen MR) is 315 cm³/mol. The van der Waals surface area contributed by atoms with Crippen molar-refractivity contribution in [3.8, 4) is 20.9 Å². The maximum atomic E-state index is 13.8. The molecule has 2 aromatic carbocycles. The molecule has 450 valence electrons. The van der Waals surface area contributed by atoms with Crippen LogP contribution in [0.3, 0.4) is 0 Å². The van der Waals surface area contributed by atoms with Crippen LogP contribution in [0.5, 0.6) is 0 Å². The number of hydrogen-bond donors (Lipinski definition) is 6. The summed E-state index contributed by atoms with van der Waals surface area (Å²) < 4.78 is 16.1. The van der Waals surface area contributed by atoms with Gasteiger partial charge in [-0.2, -0.15) is 0 Å². The maximum absolute atomic E-state index is 13.8. The Morgan fingerprint density at radius 3 is 1.39 bits per heavy atom. The quantitative estimate of drug-likeness (QED) is 0.0395. The van der Waals surface area contributed by atoms with Gasteiger partial charge in [-0.1, -0.05) is 90.1 Å². The normalized spacial score (nSPS) is 18.1. The smallest absolute Gasteiger partial charge is 0.408 e. The molecule has 2 aromatic heterocycles. The fourth-order valence-electron chi connectivity index (χ4n) is 9.20. The lowest BCUT2D eigenvalue weighted by atomic mass is 9.85. The van der Waals surface area contributed by atoms with Gasteiger partial charge in [-0.25, -0.2) is 14.8 Å². The van der Waals surface area contributed by atoms with Crippen LogP contribution in [0.15, 0.2) is 59.6 Å². The summed E-state index contributed by atoms with van der Waals surface area (Å²) in [4.78, 5) is 104. The first-order valence-corrected chi connectivity index (χ1v) is 29.6. The van der Waals surface area contributed by atoms with Crippen LogP contribution in [0.4, 0.5) is 4.79 Å². The molecule has 6 atom stereocenters. The Morgan fingerprint density at radius 1 is 0.598 bits per heavy atom. The van der Waals surface area contributed by atoms with Crippen molar-refractivity contribution in [3.05, 3.63) is 82.1 Å². The molecule has 22 heteroatoms. The lowest BCUT2D eigenvalue weighted by Gasteiger charge is -2.35. The van der Waals surface area contributed by atoms with Crippen molar-refractivity contribution in [3.63, 3.8) is 0 Å². The molecule has 20 nitrogen and oxygen atoms in total. The summed E-state index contributed by atoms with van der Waals surface area (Å²) in [5.41, 5.74) is 6.93. The van der Waals surface area contributed by atoms with Crippen LogP contribution in [-0.4, -0.2) is 145 Å². The van der Waals surface area contributed by atoms with Crippen molar-refractivity contribution in [1.29, 1.82) is 0 Å². The Balaban J connectivity index is 0.000000306. The highest BCUT2D eigenvalue weighted by molar-refractivity contribution is 7.13. The first-order chi connectivity index (χ1) is 38.2. The Hall–Kier alpha value is -6.33. The fraction of sp³-hybridized carbons (Fsp3) is 0.583. The number of ether oxygens (including phenoxy) is 3. The SMILES string of the molecule is Cc1ncsc1-c1ccc(CNC(=O)C2CC(O)CN2C(=O)C(NC(=O)CCOCCCC(=O)OC(C)(C)C)C(C)(C)C)cc1.Cc1ncsc1-c1ccc(CNC(=O)C2CC(O)CN2C(=O)C(NC(=O)OC(C)(C)C)C(C)(C)C)cc1. The minimum Gasteiger partial charge on any atom is -0.460 e. The zero-order chi connectivity index (χ0) is 60.9. The zero-order valence-electron chi connectivity index (χ0n) is 50.1. The number of rotatable bonds is 19. The molecule has 2 aliphatic heterocycles. The van der Waals surface area contributed by atoms with Crippen molar-refractivity contribution >= 4 is 64.3 Å². The van der Waals surface area contributed by atoms with Gasteiger partial charge in [-0.05, 0) is 94.9 Å². The van der Waals surface area contributed by atoms with E-state index in [9.17, 15) is 43.8 Å². The van der Waals surface area contributed by atoms with Crippen molar-refractivity contribution in [1.82, 2.24) is 41.0 Å². The van der Waals surface area contributed by atoms with Gasteiger partial charge in [0.25, 0.3) is 0 Å². The number of benzene rings is 2. The van der Waals surface area contributed by atoms with E-state index < -0.39 is 76.3 Å². The second kappa shape index (κ2) is 28.8. The Bertz CT molecular complexity index is 2810. The van der Waals surface area contributed by atoms with Crippen LogP contribution in [0.2, 0.25) is 0 Å². The van der Waals surface area contributed by atoms with E-state index >= 15 is 0 Å². The monoisotopic (exact) mass is 1170 g/mol. The first-order valence-electron chi connectivity index (χ1n) is 27.8. The molecule has 0 aliphatic carbocycles. The van der Waals surface area contributed by atoms with Gasteiger partial charge in [-0.15, -0.1) is 22.7 Å². The molecule has 6 rings (SSSR count). The molecule has 2 saturated heterocycles. The number of carbonyl (C=O) groups is 7. The first kappa shape index (κ1) is 66.5. The van der Waals surface area contributed by atoms with Gasteiger partial charge in [0.15, 0.2) is 0 Å². The number of nitrogens with one attached hydrogen (secondary N) is 4. The number of alkyl carbamates (subject to hydrolysis) is 1. The van der Waals surface area contributed by atoms with Crippen LogP contribution in [0.1, 0.15) is 138 Å². The van der Waals surface area contributed by atoms with E-state index in [1.54, 1.807) is 43.4 Å². The molecular formula is C60H86N8O12S2.